The van der Waals surface area contributed by atoms with Gasteiger partial charge in [-0.15, -0.1) is 0 Å². The lowest BCUT2D eigenvalue weighted by Crippen LogP contribution is -2.42. The van der Waals surface area contributed by atoms with E-state index < -0.39 is 0 Å². The van der Waals surface area contributed by atoms with Crippen molar-refractivity contribution in [3.05, 3.63) is 69.7 Å². The molecule has 1 aliphatic carbocycles. The van der Waals surface area contributed by atoms with Gasteiger partial charge in [-0.2, -0.15) is 5.10 Å². The summed E-state index contributed by atoms with van der Waals surface area (Å²) in [6.45, 7) is -0.0183. The monoisotopic (exact) mass is 443 g/mol. The van der Waals surface area contributed by atoms with Crippen LogP contribution in [0, 0.1) is 5.92 Å². The first-order chi connectivity index (χ1) is 14.5. The molecule has 2 aliphatic rings. The van der Waals surface area contributed by atoms with Gasteiger partial charge >= 0.3 is 0 Å². The molecule has 1 atom stereocenters. The minimum absolute atomic E-state index is 0.0183. The molecule has 0 saturated heterocycles. The van der Waals surface area contributed by atoms with Crippen LogP contribution in [0.2, 0.25) is 10.0 Å². The molecule has 1 aliphatic heterocycles. The standard InChI is InChI=1S/C23H23Cl2N3O2/c1-27(23(30)15-7-6-8-15)14-22(29)28-21(17-10-3-5-12-19(17)25)13-20(26-28)16-9-2-4-11-18(16)24/h2-5,9-12,15,21H,6-8,13-14H2,1H3. The highest BCUT2D eigenvalue weighted by Crippen LogP contribution is 2.37. The summed E-state index contributed by atoms with van der Waals surface area (Å²) >= 11 is 12.8. The van der Waals surface area contributed by atoms with Gasteiger partial charge in [0.25, 0.3) is 5.91 Å². The zero-order valence-electron chi connectivity index (χ0n) is 16.7. The van der Waals surface area contributed by atoms with Gasteiger partial charge in [-0.05, 0) is 30.5 Å². The van der Waals surface area contributed by atoms with E-state index in [0.717, 1.165) is 36.1 Å². The fourth-order valence-corrected chi connectivity index (χ4v) is 4.41. The number of amides is 2. The lowest BCUT2D eigenvalue weighted by Gasteiger charge is -2.30. The Labute approximate surface area is 186 Å². The molecule has 0 radical (unpaired) electrons. The molecule has 1 unspecified atom stereocenters. The van der Waals surface area contributed by atoms with Gasteiger partial charge in [0.05, 0.1) is 11.8 Å². The predicted molar refractivity (Wildman–Crippen MR) is 119 cm³/mol. The highest BCUT2D eigenvalue weighted by molar-refractivity contribution is 6.34. The van der Waals surface area contributed by atoms with Gasteiger partial charge in [0.15, 0.2) is 0 Å². The molecule has 4 rings (SSSR count). The highest BCUT2D eigenvalue weighted by Gasteiger charge is 2.36. The molecule has 5 nitrogen and oxygen atoms in total. The number of rotatable bonds is 5. The van der Waals surface area contributed by atoms with Crippen LogP contribution in [0.3, 0.4) is 0 Å². The minimum atomic E-state index is -0.343. The topological polar surface area (TPSA) is 53.0 Å². The normalized spacial score (nSPS) is 18.7. The second-order valence-corrected chi connectivity index (χ2v) is 8.64. The number of halogens is 2. The maximum atomic E-state index is 13.2. The van der Waals surface area contributed by atoms with Crippen LogP contribution < -0.4 is 0 Å². The van der Waals surface area contributed by atoms with Crippen molar-refractivity contribution in [2.75, 3.05) is 13.6 Å². The van der Waals surface area contributed by atoms with Crippen molar-refractivity contribution in [3.63, 3.8) is 0 Å². The average molecular weight is 444 g/mol. The minimum Gasteiger partial charge on any atom is -0.336 e. The molecule has 0 bridgehead atoms. The van der Waals surface area contributed by atoms with E-state index in [9.17, 15) is 9.59 Å². The quantitative estimate of drug-likeness (QED) is 0.657. The summed E-state index contributed by atoms with van der Waals surface area (Å²) in [5.41, 5.74) is 2.35. The molecule has 2 aromatic carbocycles. The van der Waals surface area contributed by atoms with E-state index in [-0.39, 0.29) is 30.3 Å². The van der Waals surface area contributed by atoms with E-state index in [0.29, 0.717) is 16.5 Å². The number of hydrazone groups is 1. The van der Waals surface area contributed by atoms with Gasteiger partial charge in [-0.25, -0.2) is 5.01 Å². The van der Waals surface area contributed by atoms with Gasteiger partial charge in [-0.1, -0.05) is 66.0 Å². The third-order valence-corrected chi connectivity index (χ3v) is 6.49. The number of benzene rings is 2. The second-order valence-electron chi connectivity index (χ2n) is 7.83. The van der Waals surface area contributed by atoms with Crippen LogP contribution in [-0.4, -0.2) is 41.0 Å². The molecule has 0 aromatic heterocycles. The molecule has 156 valence electrons. The van der Waals surface area contributed by atoms with Crippen LogP contribution in [-0.2, 0) is 9.59 Å². The van der Waals surface area contributed by atoms with Crippen LogP contribution in [0.1, 0.15) is 42.9 Å². The molecular weight excluding hydrogens is 421 g/mol. The molecule has 0 N–H and O–H groups in total. The first kappa shape index (κ1) is 20.9. The average Bonchev–Trinajstić information content (AvgIpc) is 3.12. The molecule has 0 spiro atoms. The third-order valence-electron chi connectivity index (χ3n) is 5.82. The molecule has 7 heteroatoms. The van der Waals surface area contributed by atoms with Gasteiger partial charge in [0.2, 0.25) is 5.91 Å². The molecular formula is C23H23Cl2N3O2. The number of carbonyl (C=O) groups excluding carboxylic acids is 2. The Morgan fingerprint density at radius 3 is 2.37 bits per heavy atom. The van der Waals surface area contributed by atoms with Crippen LogP contribution in [0.25, 0.3) is 0 Å². The maximum Gasteiger partial charge on any atom is 0.262 e. The van der Waals surface area contributed by atoms with Crippen LogP contribution in [0.5, 0.6) is 0 Å². The van der Waals surface area contributed by atoms with Gasteiger partial charge in [0.1, 0.15) is 6.54 Å². The summed E-state index contributed by atoms with van der Waals surface area (Å²) in [6.07, 6.45) is 3.38. The fraction of sp³-hybridized carbons (Fsp3) is 0.348. The summed E-state index contributed by atoms with van der Waals surface area (Å²) in [6, 6.07) is 14.6. The zero-order chi connectivity index (χ0) is 21.3. The Kier molecular flexibility index (Phi) is 6.11. The van der Waals surface area contributed by atoms with E-state index in [4.69, 9.17) is 23.2 Å². The Morgan fingerprint density at radius 2 is 1.73 bits per heavy atom. The first-order valence-electron chi connectivity index (χ1n) is 10.1. The van der Waals surface area contributed by atoms with Crippen molar-refractivity contribution < 1.29 is 9.59 Å². The molecule has 1 fully saturated rings. The maximum absolute atomic E-state index is 13.2. The van der Waals surface area contributed by atoms with Crippen LogP contribution in [0.4, 0.5) is 0 Å². The number of hydrogen-bond donors (Lipinski definition) is 0. The molecule has 30 heavy (non-hydrogen) atoms. The molecule has 2 amide bonds. The number of carbonyl (C=O) groups is 2. The first-order valence-corrected chi connectivity index (χ1v) is 10.8. The number of hydrogen-bond acceptors (Lipinski definition) is 3. The number of likely N-dealkylation sites (N-methyl/N-ethyl adjacent to an activating group) is 1. The Hall–Kier alpha value is -2.37. The molecule has 1 saturated carbocycles. The largest absolute Gasteiger partial charge is 0.336 e. The molecule has 1 heterocycles. The van der Waals surface area contributed by atoms with Crippen molar-refractivity contribution >= 4 is 40.7 Å². The van der Waals surface area contributed by atoms with Gasteiger partial charge in [-0.3, -0.25) is 9.59 Å². The summed E-state index contributed by atoms with van der Waals surface area (Å²) in [7, 11) is 1.68. The summed E-state index contributed by atoms with van der Waals surface area (Å²) in [4.78, 5) is 27.2. The van der Waals surface area contributed by atoms with E-state index in [2.05, 4.69) is 5.10 Å². The summed E-state index contributed by atoms with van der Waals surface area (Å²) in [5, 5.41) is 7.25. The van der Waals surface area contributed by atoms with Gasteiger partial charge < -0.3 is 4.90 Å². The van der Waals surface area contributed by atoms with E-state index >= 15 is 0 Å². The lowest BCUT2D eigenvalue weighted by atomic mass is 9.84. The SMILES string of the molecule is CN(CC(=O)N1N=C(c2ccccc2Cl)CC1c1ccccc1Cl)C(=O)C1CCC1. The zero-order valence-corrected chi connectivity index (χ0v) is 18.2. The summed E-state index contributed by atoms with van der Waals surface area (Å²) < 4.78 is 0. The van der Waals surface area contributed by atoms with Crippen molar-refractivity contribution in [2.24, 2.45) is 11.0 Å². The fourth-order valence-electron chi connectivity index (χ4n) is 3.91. The predicted octanol–water partition coefficient (Wildman–Crippen LogP) is 4.93. The third kappa shape index (κ3) is 4.09. The summed E-state index contributed by atoms with van der Waals surface area (Å²) in [5.74, 6) is -0.168. The smallest absolute Gasteiger partial charge is 0.262 e. The van der Waals surface area contributed by atoms with E-state index in [1.54, 1.807) is 19.2 Å². The Bertz CT molecular complexity index is 1000. The van der Waals surface area contributed by atoms with Crippen LogP contribution >= 0.6 is 23.2 Å². The molecule has 2 aromatic rings. The number of nitrogens with zero attached hydrogens (tertiary/aromatic N) is 3. The lowest BCUT2D eigenvalue weighted by molar-refractivity contribution is -0.144. The van der Waals surface area contributed by atoms with Crippen molar-refractivity contribution in [3.8, 4) is 0 Å². The van der Waals surface area contributed by atoms with Crippen molar-refractivity contribution in [1.82, 2.24) is 9.91 Å². The van der Waals surface area contributed by atoms with Gasteiger partial charge in [0, 0.05) is 35.0 Å². The van der Waals surface area contributed by atoms with E-state index in [1.807, 2.05) is 36.4 Å². The Balaban J connectivity index is 1.61. The second kappa shape index (κ2) is 8.78. The Morgan fingerprint density at radius 1 is 1.07 bits per heavy atom. The van der Waals surface area contributed by atoms with Crippen molar-refractivity contribution in [2.45, 2.75) is 31.7 Å². The van der Waals surface area contributed by atoms with Crippen molar-refractivity contribution in [1.29, 1.82) is 0 Å². The van der Waals surface area contributed by atoms with E-state index in [1.165, 1.54) is 9.91 Å². The van der Waals surface area contributed by atoms with Crippen LogP contribution in [0.15, 0.2) is 53.6 Å². The highest BCUT2D eigenvalue weighted by atomic mass is 35.5.